The molecule has 4 heteroatoms. The van der Waals surface area contributed by atoms with Crippen molar-refractivity contribution in [2.45, 2.75) is 33.8 Å². The summed E-state index contributed by atoms with van der Waals surface area (Å²) in [5, 5.41) is 3.59. The van der Waals surface area contributed by atoms with Gasteiger partial charge in [0.25, 0.3) is 5.91 Å². The molecule has 0 radical (unpaired) electrons. The molecule has 1 atom stereocenters. The average molecular weight is 318 g/mol. The van der Waals surface area contributed by atoms with Crippen LogP contribution in [0.1, 0.15) is 23.6 Å². The standard InChI is InChI=1S/C18H20ClNO2/c1-11-6-5-7-17(13(11)3)20-18(21)14(4)22-15-8-9-16(19)12(2)10-15/h5-10,14H,1-4H3,(H,20,21). The van der Waals surface area contributed by atoms with Crippen LogP contribution in [-0.2, 0) is 4.79 Å². The molecule has 0 heterocycles. The second-order valence-corrected chi connectivity index (χ2v) is 5.81. The molecule has 2 aromatic carbocycles. The zero-order valence-corrected chi connectivity index (χ0v) is 14.0. The first-order valence-electron chi connectivity index (χ1n) is 7.18. The molecular weight excluding hydrogens is 298 g/mol. The van der Waals surface area contributed by atoms with Crippen molar-refractivity contribution in [2.75, 3.05) is 5.32 Å². The third-order valence-corrected chi connectivity index (χ3v) is 4.10. The van der Waals surface area contributed by atoms with E-state index in [1.54, 1.807) is 19.1 Å². The van der Waals surface area contributed by atoms with Gasteiger partial charge in [0, 0.05) is 10.7 Å². The lowest BCUT2D eigenvalue weighted by Crippen LogP contribution is -2.30. The zero-order chi connectivity index (χ0) is 16.3. The summed E-state index contributed by atoms with van der Waals surface area (Å²) >= 11 is 5.98. The second-order valence-electron chi connectivity index (χ2n) is 5.41. The molecule has 0 aromatic heterocycles. The molecule has 0 bridgehead atoms. The van der Waals surface area contributed by atoms with Crippen LogP contribution in [-0.4, -0.2) is 12.0 Å². The first-order valence-corrected chi connectivity index (χ1v) is 7.56. The van der Waals surface area contributed by atoms with Gasteiger partial charge in [0.2, 0.25) is 0 Å². The maximum atomic E-state index is 12.3. The van der Waals surface area contributed by atoms with E-state index in [1.165, 1.54) is 0 Å². The van der Waals surface area contributed by atoms with Crippen LogP contribution >= 0.6 is 11.6 Å². The number of halogens is 1. The average Bonchev–Trinajstić information content (AvgIpc) is 2.47. The van der Waals surface area contributed by atoms with Gasteiger partial charge in [-0.05, 0) is 68.7 Å². The van der Waals surface area contributed by atoms with Gasteiger partial charge in [-0.25, -0.2) is 0 Å². The summed E-state index contributed by atoms with van der Waals surface area (Å²) < 4.78 is 5.68. The SMILES string of the molecule is Cc1cc(OC(C)C(=O)Nc2cccc(C)c2C)ccc1Cl. The molecule has 0 spiro atoms. The third kappa shape index (κ3) is 3.80. The van der Waals surface area contributed by atoms with Crippen molar-refractivity contribution in [3.8, 4) is 5.75 Å². The summed E-state index contributed by atoms with van der Waals surface area (Å²) in [5.41, 5.74) is 3.93. The highest BCUT2D eigenvalue weighted by Crippen LogP contribution is 2.23. The molecule has 0 aliphatic rings. The van der Waals surface area contributed by atoms with Gasteiger partial charge in [-0.1, -0.05) is 23.7 Å². The van der Waals surface area contributed by atoms with Crippen LogP contribution in [0, 0.1) is 20.8 Å². The summed E-state index contributed by atoms with van der Waals surface area (Å²) in [6, 6.07) is 11.2. The van der Waals surface area contributed by atoms with Crippen LogP contribution < -0.4 is 10.1 Å². The number of benzene rings is 2. The van der Waals surface area contributed by atoms with E-state index in [0.717, 1.165) is 22.4 Å². The molecule has 0 aliphatic heterocycles. The molecule has 2 aromatic rings. The number of anilines is 1. The lowest BCUT2D eigenvalue weighted by atomic mass is 10.1. The normalized spacial score (nSPS) is 11.9. The fourth-order valence-electron chi connectivity index (χ4n) is 2.07. The van der Waals surface area contributed by atoms with E-state index >= 15 is 0 Å². The van der Waals surface area contributed by atoms with E-state index in [1.807, 2.05) is 45.0 Å². The molecule has 1 N–H and O–H groups in total. The first-order chi connectivity index (χ1) is 10.4. The van der Waals surface area contributed by atoms with E-state index in [-0.39, 0.29) is 5.91 Å². The van der Waals surface area contributed by atoms with Gasteiger partial charge in [0.05, 0.1) is 0 Å². The number of amides is 1. The lowest BCUT2D eigenvalue weighted by Gasteiger charge is -2.17. The van der Waals surface area contributed by atoms with Crippen molar-refractivity contribution < 1.29 is 9.53 Å². The van der Waals surface area contributed by atoms with Gasteiger partial charge in [-0.15, -0.1) is 0 Å². The summed E-state index contributed by atoms with van der Waals surface area (Å²) in [5.74, 6) is 0.451. The fourth-order valence-corrected chi connectivity index (χ4v) is 2.19. The predicted molar refractivity (Wildman–Crippen MR) is 90.8 cm³/mol. The smallest absolute Gasteiger partial charge is 0.265 e. The Morgan fingerprint density at radius 3 is 2.55 bits per heavy atom. The Hall–Kier alpha value is -2.00. The topological polar surface area (TPSA) is 38.3 Å². The van der Waals surface area contributed by atoms with Crippen LogP contribution in [0.2, 0.25) is 5.02 Å². The Morgan fingerprint density at radius 2 is 1.86 bits per heavy atom. The Labute approximate surface area is 136 Å². The number of hydrogen-bond donors (Lipinski definition) is 1. The highest BCUT2D eigenvalue weighted by Gasteiger charge is 2.16. The molecule has 1 unspecified atom stereocenters. The zero-order valence-electron chi connectivity index (χ0n) is 13.2. The minimum Gasteiger partial charge on any atom is -0.481 e. The van der Waals surface area contributed by atoms with Gasteiger partial charge in [0.1, 0.15) is 5.75 Å². The Kier molecular flexibility index (Phi) is 5.09. The quantitative estimate of drug-likeness (QED) is 0.889. The van der Waals surface area contributed by atoms with Crippen molar-refractivity contribution in [3.63, 3.8) is 0 Å². The number of carbonyl (C=O) groups is 1. The number of nitrogens with one attached hydrogen (secondary N) is 1. The van der Waals surface area contributed by atoms with Crippen LogP contribution in [0.5, 0.6) is 5.75 Å². The number of carbonyl (C=O) groups excluding carboxylic acids is 1. The maximum Gasteiger partial charge on any atom is 0.265 e. The molecule has 2 rings (SSSR count). The van der Waals surface area contributed by atoms with Crippen LogP contribution in [0.15, 0.2) is 36.4 Å². The molecule has 3 nitrogen and oxygen atoms in total. The second kappa shape index (κ2) is 6.84. The largest absolute Gasteiger partial charge is 0.481 e. The van der Waals surface area contributed by atoms with Crippen LogP contribution in [0.4, 0.5) is 5.69 Å². The highest BCUT2D eigenvalue weighted by molar-refractivity contribution is 6.31. The van der Waals surface area contributed by atoms with Crippen molar-refractivity contribution in [3.05, 3.63) is 58.1 Å². The summed E-state index contributed by atoms with van der Waals surface area (Å²) in [6.07, 6.45) is -0.597. The van der Waals surface area contributed by atoms with Crippen molar-refractivity contribution in [2.24, 2.45) is 0 Å². The molecule has 22 heavy (non-hydrogen) atoms. The van der Waals surface area contributed by atoms with Gasteiger partial charge in [0.15, 0.2) is 6.10 Å². The van der Waals surface area contributed by atoms with E-state index < -0.39 is 6.10 Å². The molecule has 1 amide bonds. The number of rotatable bonds is 4. The van der Waals surface area contributed by atoms with Gasteiger partial charge in [-0.3, -0.25) is 4.79 Å². The highest BCUT2D eigenvalue weighted by atomic mass is 35.5. The van der Waals surface area contributed by atoms with Gasteiger partial charge in [-0.2, -0.15) is 0 Å². The van der Waals surface area contributed by atoms with Crippen LogP contribution in [0.3, 0.4) is 0 Å². The van der Waals surface area contributed by atoms with Crippen molar-refractivity contribution in [1.29, 1.82) is 0 Å². The Balaban J connectivity index is 2.06. The van der Waals surface area contributed by atoms with Crippen molar-refractivity contribution in [1.82, 2.24) is 0 Å². The monoisotopic (exact) mass is 317 g/mol. The minimum absolute atomic E-state index is 0.179. The summed E-state index contributed by atoms with van der Waals surface area (Å²) in [7, 11) is 0. The predicted octanol–water partition coefficient (Wildman–Crippen LogP) is 4.67. The molecular formula is C18H20ClNO2. The third-order valence-electron chi connectivity index (χ3n) is 3.67. The van der Waals surface area contributed by atoms with Crippen molar-refractivity contribution >= 4 is 23.2 Å². The minimum atomic E-state index is -0.597. The summed E-state index contributed by atoms with van der Waals surface area (Å²) in [4.78, 5) is 12.3. The Morgan fingerprint density at radius 1 is 1.14 bits per heavy atom. The Bertz CT molecular complexity index is 697. The van der Waals surface area contributed by atoms with E-state index in [9.17, 15) is 4.79 Å². The molecule has 0 saturated carbocycles. The van der Waals surface area contributed by atoms with E-state index in [2.05, 4.69) is 5.32 Å². The van der Waals surface area contributed by atoms with Gasteiger partial charge >= 0.3 is 0 Å². The molecule has 0 aliphatic carbocycles. The van der Waals surface area contributed by atoms with Crippen LogP contribution in [0.25, 0.3) is 0 Å². The number of aryl methyl sites for hydroxylation is 2. The maximum absolute atomic E-state index is 12.3. The summed E-state index contributed by atoms with van der Waals surface area (Å²) in [6.45, 7) is 7.63. The van der Waals surface area contributed by atoms with E-state index in [4.69, 9.17) is 16.3 Å². The molecule has 0 fully saturated rings. The molecule has 0 saturated heterocycles. The van der Waals surface area contributed by atoms with Gasteiger partial charge < -0.3 is 10.1 Å². The molecule has 116 valence electrons. The number of ether oxygens (including phenoxy) is 1. The first kappa shape index (κ1) is 16.4. The van der Waals surface area contributed by atoms with E-state index in [0.29, 0.717) is 10.8 Å². The fraction of sp³-hybridized carbons (Fsp3) is 0.278. The number of hydrogen-bond acceptors (Lipinski definition) is 2. The lowest BCUT2D eigenvalue weighted by molar-refractivity contribution is -0.122.